The SMILES string of the molecule is CN1C(=O)[C@@](c2ccc(F)c(OCC(F)F)c2)(c2ccc(OC(F)F)c(C3CC3)c2)N=C1N. The summed E-state index contributed by atoms with van der Waals surface area (Å²) in [6.07, 6.45) is -1.31. The first-order valence-electron chi connectivity index (χ1n) is 10.1. The van der Waals surface area contributed by atoms with Crippen LogP contribution in [0.2, 0.25) is 0 Å². The number of nitrogens with zero attached hydrogens (tertiary/aromatic N) is 2. The molecule has 1 saturated carbocycles. The topological polar surface area (TPSA) is 77.2 Å². The third kappa shape index (κ3) is 4.19. The van der Waals surface area contributed by atoms with Crippen LogP contribution in [0, 0.1) is 5.82 Å². The van der Waals surface area contributed by atoms with Crippen molar-refractivity contribution in [2.45, 2.75) is 37.3 Å². The Kier molecular flexibility index (Phi) is 5.89. The van der Waals surface area contributed by atoms with Gasteiger partial charge < -0.3 is 15.2 Å². The van der Waals surface area contributed by atoms with Gasteiger partial charge in [-0.25, -0.2) is 18.2 Å². The molecule has 0 unspecified atom stereocenters. The number of alkyl halides is 4. The molecule has 2 N–H and O–H groups in total. The maximum absolute atomic E-state index is 14.2. The van der Waals surface area contributed by atoms with Crippen molar-refractivity contribution >= 4 is 11.9 Å². The fraction of sp³-hybridized carbons (Fsp3) is 0.364. The molecule has 0 aromatic heterocycles. The van der Waals surface area contributed by atoms with Gasteiger partial charge in [0.05, 0.1) is 0 Å². The van der Waals surface area contributed by atoms with E-state index in [1.54, 1.807) is 6.07 Å². The molecule has 0 bridgehead atoms. The highest BCUT2D eigenvalue weighted by molar-refractivity contribution is 6.09. The molecule has 1 fully saturated rings. The molecule has 1 aliphatic carbocycles. The highest BCUT2D eigenvalue weighted by Gasteiger charge is 2.50. The van der Waals surface area contributed by atoms with Gasteiger partial charge in [-0.15, -0.1) is 0 Å². The fourth-order valence-corrected chi connectivity index (χ4v) is 3.87. The summed E-state index contributed by atoms with van der Waals surface area (Å²) in [5, 5.41) is 0. The Hall–Kier alpha value is -3.37. The Morgan fingerprint density at radius 1 is 1.12 bits per heavy atom. The molecule has 176 valence electrons. The molecule has 2 aliphatic rings. The van der Waals surface area contributed by atoms with Gasteiger partial charge in [0.2, 0.25) is 0 Å². The lowest BCUT2D eigenvalue weighted by molar-refractivity contribution is -0.129. The standard InChI is InChI=1S/C22H20F5N3O3/c1-30-19(31)22(29-21(30)28,13-4-6-15(23)17(9-13)32-10-18(24)25)12-5-7-16(33-20(26)27)14(8-12)11-2-3-11/h4-9,11,18,20H,2-3,10H2,1H3,(H2,28,29)/t22-/m0/s1. The van der Waals surface area contributed by atoms with E-state index in [9.17, 15) is 26.7 Å². The molecule has 33 heavy (non-hydrogen) atoms. The Morgan fingerprint density at radius 3 is 2.36 bits per heavy atom. The minimum Gasteiger partial charge on any atom is -0.485 e. The minimum atomic E-state index is -3.03. The molecule has 1 amide bonds. The van der Waals surface area contributed by atoms with Crippen LogP contribution in [0.15, 0.2) is 41.4 Å². The lowest BCUT2D eigenvalue weighted by Crippen LogP contribution is -2.41. The van der Waals surface area contributed by atoms with Crippen LogP contribution in [-0.4, -0.2) is 43.5 Å². The number of amides is 1. The largest absolute Gasteiger partial charge is 0.485 e. The zero-order chi connectivity index (χ0) is 23.9. The van der Waals surface area contributed by atoms with Crippen LogP contribution in [0.5, 0.6) is 11.5 Å². The Balaban J connectivity index is 1.87. The van der Waals surface area contributed by atoms with Crippen LogP contribution in [0.25, 0.3) is 0 Å². The average Bonchev–Trinajstić information content (AvgIpc) is 3.58. The second kappa shape index (κ2) is 8.53. The van der Waals surface area contributed by atoms with Gasteiger partial charge in [0.1, 0.15) is 12.4 Å². The molecule has 4 rings (SSSR count). The number of guanidine groups is 1. The highest BCUT2D eigenvalue weighted by Crippen LogP contribution is 2.48. The monoisotopic (exact) mass is 469 g/mol. The Morgan fingerprint density at radius 2 is 1.79 bits per heavy atom. The summed E-state index contributed by atoms with van der Waals surface area (Å²) >= 11 is 0. The fourth-order valence-electron chi connectivity index (χ4n) is 3.87. The second-order valence-corrected chi connectivity index (χ2v) is 7.80. The van der Waals surface area contributed by atoms with E-state index in [0.717, 1.165) is 29.9 Å². The lowest BCUT2D eigenvalue weighted by atomic mass is 9.81. The number of likely N-dealkylation sites (N-methyl/N-ethyl adjacent to an activating group) is 1. The van der Waals surface area contributed by atoms with Gasteiger partial charge >= 0.3 is 6.61 Å². The number of aliphatic imine (C=N–C) groups is 1. The molecule has 1 aliphatic heterocycles. The van der Waals surface area contributed by atoms with Crippen molar-refractivity contribution in [2.24, 2.45) is 10.7 Å². The van der Waals surface area contributed by atoms with Crippen molar-refractivity contribution in [1.29, 1.82) is 0 Å². The summed E-state index contributed by atoms with van der Waals surface area (Å²) in [7, 11) is 1.40. The third-order valence-electron chi connectivity index (χ3n) is 5.61. The molecule has 0 spiro atoms. The number of carbonyl (C=O) groups excluding carboxylic acids is 1. The molecule has 2 aromatic carbocycles. The predicted molar refractivity (Wildman–Crippen MR) is 108 cm³/mol. The Labute approximate surface area is 185 Å². The van der Waals surface area contributed by atoms with E-state index in [1.807, 2.05) is 0 Å². The number of hydrogen-bond donors (Lipinski definition) is 1. The normalized spacial score (nSPS) is 20.5. The number of nitrogens with two attached hydrogens (primary N) is 1. The maximum atomic E-state index is 14.2. The third-order valence-corrected chi connectivity index (χ3v) is 5.61. The molecule has 1 atom stereocenters. The van der Waals surface area contributed by atoms with Gasteiger partial charge in [0.25, 0.3) is 12.3 Å². The second-order valence-electron chi connectivity index (χ2n) is 7.80. The molecule has 1 heterocycles. The predicted octanol–water partition coefficient (Wildman–Crippen LogP) is 3.98. The van der Waals surface area contributed by atoms with Crippen molar-refractivity contribution in [2.75, 3.05) is 13.7 Å². The average molecular weight is 469 g/mol. The Bertz CT molecular complexity index is 1110. The van der Waals surface area contributed by atoms with E-state index in [-0.39, 0.29) is 28.8 Å². The van der Waals surface area contributed by atoms with Crippen molar-refractivity contribution in [1.82, 2.24) is 4.90 Å². The molecule has 11 heteroatoms. The molecule has 0 radical (unpaired) electrons. The van der Waals surface area contributed by atoms with Gasteiger partial charge in [-0.2, -0.15) is 8.78 Å². The summed E-state index contributed by atoms with van der Waals surface area (Å²) in [5.41, 5.74) is 5.02. The van der Waals surface area contributed by atoms with Gasteiger partial charge in [0, 0.05) is 7.05 Å². The zero-order valence-electron chi connectivity index (χ0n) is 17.4. The number of benzene rings is 2. The van der Waals surface area contributed by atoms with Crippen molar-refractivity contribution in [3.05, 3.63) is 58.9 Å². The number of rotatable bonds is 8. The number of ether oxygens (including phenoxy) is 2. The van der Waals surface area contributed by atoms with E-state index in [1.165, 1.54) is 25.2 Å². The van der Waals surface area contributed by atoms with Crippen LogP contribution < -0.4 is 15.2 Å². The highest BCUT2D eigenvalue weighted by atomic mass is 19.3. The first-order valence-corrected chi connectivity index (χ1v) is 10.1. The van der Waals surface area contributed by atoms with Crippen molar-refractivity contribution in [3.63, 3.8) is 0 Å². The van der Waals surface area contributed by atoms with Crippen LogP contribution in [0.3, 0.4) is 0 Å². The van der Waals surface area contributed by atoms with Crippen molar-refractivity contribution in [3.8, 4) is 11.5 Å². The smallest absolute Gasteiger partial charge is 0.387 e. The first kappa shape index (κ1) is 22.8. The summed E-state index contributed by atoms with van der Waals surface area (Å²) in [5.74, 6) is -2.13. The summed E-state index contributed by atoms with van der Waals surface area (Å²) in [6.45, 7) is -4.07. The van der Waals surface area contributed by atoms with Crippen molar-refractivity contribution < 1.29 is 36.2 Å². The maximum Gasteiger partial charge on any atom is 0.387 e. The number of carbonyl (C=O) groups is 1. The van der Waals surface area contributed by atoms with Crippen LogP contribution in [-0.2, 0) is 10.3 Å². The molecular formula is C22H20F5N3O3. The van der Waals surface area contributed by atoms with Gasteiger partial charge in [0.15, 0.2) is 23.1 Å². The van der Waals surface area contributed by atoms with Crippen LogP contribution in [0.4, 0.5) is 22.0 Å². The van der Waals surface area contributed by atoms with Gasteiger partial charge in [-0.05, 0) is 59.7 Å². The van der Waals surface area contributed by atoms with E-state index in [0.29, 0.717) is 5.56 Å². The van der Waals surface area contributed by atoms with E-state index in [4.69, 9.17) is 10.5 Å². The zero-order valence-corrected chi connectivity index (χ0v) is 17.4. The van der Waals surface area contributed by atoms with E-state index >= 15 is 0 Å². The van der Waals surface area contributed by atoms with Crippen LogP contribution >= 0.6 is 0 Å². The molecular weight excluding hydrogens is 449 g/mol. The number of hydrogen-bond acceptors (Lipinski definition) is 5. The first-order chi connectivity index (χ1) is 15.6. The summed E-state index contributed by atoms with van der Waals surface area (Å²) < 4.78 is 74.7. The molecule has 2 aromatic rings. The minimum absolute atomic E-state index is 0.0118. The van der Waals surface area contributed by atoms with E-state index < -0.39 is 42.7 Å². The number of halogens is 5. The molecule has 6 nitrogen and oxygen atoms in total. The van der Waals surface area contributed by atoms with E-state index in [2.05, 4.69) is 9.73 Å². The molecule has 0 saturated heterocycles. The quantitative estimate of drug-likeness (QED) is 0.594. The van der Waals surface area contributed by atoms with Crippen LogP contribution in [0.1, 0.15) is 35.4 Å². The summed E-state index contributed by atoms with van der Waals surface area (Å²) in [4.78, 5) is 18.8. The summed E-state index contributed by atoms with van der Waals surface area (Å²) in [6, 6.07) is 7.65. The van der Waals surface area contributed by atoms with Gasteiger partial charge in [-0.3, -0.25) is 9.69 Å². The van der Waals surface area contributed by atoms with Gasteiger partial charge in [-0.1, -0.05) is 12.1 Å². The lowest BCUT2D eigenvalue weighted by Gasteiger charge is -2.27.